The average Bonchev–Trinajstić information content (AvgIpc) is 2.63. The maximum Gasteiger partial charge on any atom is 0.257 e. The smallest absolute Gasteiger partial charge is 0.257 e. The van der Waals surface area contributed by atoms with E-state index in [0.29, 0.717) is 11.9 Å². The highest BCUT2D eigenvalue weighted by atomic mass is 16.2. The number of carbonyl (C=O) groups excluding carboxylic acids is 1. The van der Waals surface area contributed by atoms with Crippen molar-refractivity contribution in [3.8, 4) is 0 Å². The molecule has 4 rings (SSSR count). The van der Waals surface area contributed by atoms with Crippen LogP contribution in [-0.4, -0.2) is 15.5 Å². The summed E-state index contributed by atoms with van der Waals surface area (Å²) in [5.74, 6) is -0.335. The molecule has 0 saturated carbocycles. The van der Waals surface area contributed by atoms with Crippen LogP contribution in [0, 0.1) is 0 Å². The lowest BCUT2D eigenvalue weighted by atomic mass is 10.00. The Hall–Kier alpha value is -2.95. The van der Waals surface area contributed by atoms with Crippen molar-refractivity contribution in [1.29, 1.82) is 0 Å². The lowest BCUT2D eigenvalue weighted by Gasteiger charge is -2.20. The zero-order valence-electron chi connectivity index (χ0n) is 13.2. The number of nitrogens with one attached hydrogen (secondary N) is 1. The van der Waals surface area contributed by atoms with Crippen LogP contribution >= 0.6 is 0 Å². The van der Waals surface area contributed by atoms with Gasteiger partial charge in [0, 0.05) is 37.1 Å². The van der Waals surface area contributed by atoms with Gasteiger partial charge in [-0.15, -0.1) is 0 Å². The van der Waals surface area contributed by atoms with E-state index in [4.69, 9.17) is 0 Å². The summed E-state index contributed by atoms with van der Waals surface area (Å²) >= 11 is 0. The molecule has 0 bridgehead atoms. The van der Waals surface area contributed by atoms with Gasteiger partial charge >= 0.3 is 0 Å². The largest absolute Gasteiger partial charge is 0.348 e. The summed E-state index contributed by atoms with van der Waals surface area (Å²) in [4.78, 5) is 29.2. The van der Waals surface area contributed by atoms with Crippen molar-refractivity contribution < 1.29 is 4.79 Å². The first-order valence-electron chi connectivity index (χ1n) is 8.06. The van der Waals surface area contributed by atoms with Gasteiger partial charge in [0.05, 0.1) is 5.52 Å². The van der Waals surface area contributed by atoms with Gasteiger partial charge in [-0.2, -0.15) is 0 Å². The number of carbonyl (C=O) groups is 1. The van der Waals surface area contributed by atoms with Crippen molar-refractivity contribution in [3.05, 3.63) is 75.8 Å². The molecule has 0 spiro atoms. The standard InChI is InChI=1S/C19H17N3O2/c23-18-15-5-1-3-14-4-2-10-22(17(14)15)12-16(18)19(24)21-11-13-6-8-20-9-7-13/h1,3,5-9,12H,2,4,10-11H2,(H,21,24). The van der Waals surface area contributed by atoms with Crippen molar-refractivity contribution in [2.24, 2.45) is 0 Å². The molecule has 1 aromatic carbocycles. The number of nitrogens with zero attached hydrogens (tertiary/aromatic N) is 2. The number of benzene rings is 1. The molecule has 3 heterocycles. The van der Waals surface area contributed by atoms with Crippen LogP contribution in [0.1, 0.15) is 27.9 Å². The molecule has 3 aromatic rings. The number of aromatic nitrogens is 2. The van der Waals surface area contributed by atoms with Gasteiger partial charge in [-0.05, 0) is 42.2 Å². The molecule has 0 saturated heterocycles. The molecular formula is C19H17N3O2. The molecular weight excluding hydrogens is 302 g/mol. The molecule has 0 radical (unpaired) electrons. The number of aryl methyl sites for hydroxylation is 2. The van der Waals surface area contributed by atoms with Crippen molar-refractivity contribution >= 4 is 16.8 Å². The Bertz CT molecular complexity index is 977. The van der Waals surface area contributed by atoms with Gasteiger partial charge in [0.2, 0.25) is 5.43 Å². The zero-order valence-corrected chi connectivity index (χ0v) is 13.2. The quantitative estimate of drug-likeness (QED) is 0.805. The van der Waals surface area contributed by atoms with Gasteiger partial charge in [0.15, 0.2) is 0 Å². The van der Waals surface area contributed by atoms with Gasteiger partial charge in [-0.25, -0.2) is 0 Å². The predicted octanol–water partition coefficient (Wildman–Crippen LogP) is 2.27. The Labute approximate surface area is 139 Å². The summed E-state index contributed by atoms with van der Waals surface area (Å²) in [7, 11) is 0. The average molecular weight is 319 g/mol. The summed E-state index contributed by atoms with van der Waals surface area (Å²) in [6, 6.07) is 9.43. The fourth-order valence-corrected chi connectivity index (χ4v) is 3.30. The molecule has 1 aliphatic heterocycles. The van der Waals surface area contributed by atoms with Crippen molar-refractivity contribution in [2.45, 2.75) is 25.9 Å². The van der Waals surface area contributed by atoms with Crippen LogP contribution in [0.3, 0.4) is 0 Å². The first-order chi connectivity index (χ1) is 11.7. The van der Waals surface area contributed by atoms with Gasteiger partial charge in [0.1, 0.15) is 5.56 Å². The minimum absolute atomic E-state index is 0.197. The minimum atomic E-state index is -0.335. The van der Waals surface area contributed by atoms with Gasteiger partial charge in [-0.3, -0.25) is 14.6 Å². The van der Waals surface area contributed by atoms with Crippen LogP contribution in [-0.2, 0) is 19.5 Å². The summed E-state index contributed by atoms with van der Waals surface area (Å²) in [5, 5.41) is 3.45. The second-order valence-corrected chi connectivity index (χ2v) is 6.02. The fourth-order valence-electron chi connectivity index (χ4n) is 3.30. The zero-order chi connectivity index (χ0) is 16.5. The van der Waals surface area contributed by atoms with Crippen LogP contribution in [0.2, 0.25) is 0 Å². The highest BCUT2D eigenvalue weighted by Crippen LogP contribution is 2.23. The molecule has 1 N–H and O–H groups in total. The lowest BCUT2D eigenvalue weighted by molar-refractivity contribution is 0.0949. The summed E-state index contributed by atoms with van der Waals surface area (Å²) in [6.07, 6.45) is 7.06. The minimum Gasteiger partial charge on any atom is -0.348 e. The monoisotopic (exact) mass is 319 g/mol. The Morgan fingerprint density at radius 1 is 1.21 bits per heavy atom. The molecule has 120 valence electrons. The first-order valence-corrected chi connectivity index (χ1v) is 8.06. The van der Waals surface area contributed by atoms with E-state index in [1.54, 1.807) is 18.6 Å². The molecule has 1 aliphatic rings. The highest BCUT2D eigenvalue weighted by Gasteiger charge is 2.19. The van der Waals surface area contributed by atoms with E-state index in [9.17, 15) is 9.59 Å². The first kappa shape index (κ1) is 14.6. The molecule has 5 heteroatoms. The van der Waals surface area contributed by atoms with E-state index in [2.05, 4.69) is 16.4 Å². The van der Waals surface area contributed by atoms with E-state index >= 15 is 0 Å². The second kappa shape index (κ2) is 5.92. The van der Waals surface area contributed by atoms with E-state index < -0.39 is 0 Å². The fraction of sp³-hybridized carbons (Fsp3) is 0.211. The maximum atomic E-state index is 12.7. The third-order valence-electron chi connectivity index (χ3n) is 4.47. The molecule has 24 heavy (non-hydrogen) atoms. The topological polar surface area (TPSA) is 64.0 Å². The van der Waals surface area contributed by atoms with Crippen LogP contribution in [0.5, 0.6) is 0 Å². The van der Waals surface area contributed by atoms with Crippen molar-refractivity contribution in [3.63, 3.8) is 0 Å². The molecule has 0 unspecified atom stereocenters. The predicted molar refractivity (Wildman–Crippen MR) is 91.9 cm³/mol. The third kappa shape index (κ3) is 2.48. The van der Waals surface area contributed by atoms with E-state index in [-0.39, 0.29) is 16.9 Å². The van der Waals surface area contributed by atoms with E-state index in [1.165, 1.54) is 5.56 Å². The lowest BCUT2D eigenvalue weighted by Crippen LogP contribution is -2.30. The summed E-state index contributed by atoms with van der Waals surface area (Å²) in [6.45, 7) is 1.21. The van der Waals surface area contributed by atoms with E-state index in [0.717, 1.165) is 30.5 Å². The number of rotatable bonds is 3. The number of hydrogen-bond donors (Lipinski definition) is 1. The normalized spacial score (nSPS) is 13.0. The second-order valence-electron chi connectivity index (χ2n) is 6.02. The van der Waals surface area contributed by atoms with Crippen LogP contribution in [0.25, 0.3) is 10.9 Å². The number of amides is 1. The molecule has 0 atom stereocenters. The number of hydrogen-bond acceptors (Lipinski definition) is 3. The van der Waals surface area contributed by atoms with Crippen LogP contribution in [0.15, 0.2) is 53.7 Å². The molecule has 2 aromatic heterocycles. The molecule has 0 aliphatic carbocycles. The van der Waals surface area contributed by atoms with Gasteiger partial charge in [-0.1, -0.05) is 12.1 Å². The van der Waals surface area contributed by atoms with Gasteiger partial charge in [0.25, 0.3) is 5.91 Å². The third-order valence-corrected chi connectivity index (χ3v) is 4.47. The van der Waals surface area contributed by atoms with Crippen molar-refractivity contribution in [1.82, 2.24) is 14.9 Å². The highest BCUT2D eigenvalue weighted by molar-refractivity contribution is 5.97. The maximum absolute atomic E-state index is 12.7. The molecule has 1 amide bonds. The Balaban J connectivity index is 1.71. The Morgan fingerprint density at radius 2 is 2.04 bits per heavy atom. The summed E-state index contributed by atoms with van der Waals surface area (Å²) < 4.78 is 2.04. The Kier molecular flexibility index (Phi) is 3.61. The van der Waals surface area contributed by atoms with Crippen molar-refractivity contribution in [2.75, 3.05) is 0 Å². The van der Waals surface area contributed by atoms with Crippen LogP contribution < -0.4 is 10.7 Å². The number of para-hydroxylation sites is 1. The Morgan fingerprint density at radius 3 is 2.88 bits per heavy atom. The number of pyridine rings is 2. The van der Waals surface area contributed by atoms with Crippen LogP contribution in [0.4, 0.5) is 0 Å². The molecule has 0 fully saturated rings. The SMILES string of the molecule is O=C(NCc1ccncc1)c1cn2c3c(cccc3c1=O)CCC2. The van der Waals surface area contributed by atoms with Gasteiger partial charge < -0.3 is 9.88 Å². The summed E-state index contributed by atoms with van der Waals surface area (Å²) in [5.41, 5.74) is 3.11. The molecule has 5 nitrogen and oxygen atoms in total. The van der Waals surface area contributed by atoms with E-state index in [1.807, 2.05) is 28.8 Å².